The molecule has 108 valence electrons. The van der Waals surface area contributed by atoms with Gasteiger partial charge in [-0.15, -0.1) is 0 Å². The second-order valence-corrected chi connectivity index (χ2v) is 6.76. The Morgan fingerprint density at radius 2 is 1.95 bits per heavy atom. The van der Waals surface area contributed by atoms with E-state index < -0.39 is 0 Å². The summed E-state index contributed by atoms with van der Waals surface area (Å²) >= 11 is 0. The predicted molar refractivity (Wildman–Crippen MR) is 80.3 cm³/mol. The van der Waals surface area contributed by atoms with E-state index in [1.54, 1.807) is 0 Å². The lowest BCUT2D eigenvalue weighted by atomic mass is 10.0. The summed E-state index contributed by atoms with van der Waals surface area (Å²) in [5.74, 6) is 2.09. The van der Waals surface area contributed by atoms with Crippen LogP contribution in [0.1, 0.15) is 70.7 Å². The molecular formula is C16H29N3. The average molecular weight is 263 g/mol. The molecule has 0 aliphatic heterocycles. The van der Waals surface area contributed by atoms with Crippen molar-refractivity contribution in [2.75, 3.05) is 6.54 Å². The van der Waals surface area contributed by atoms with E-state index in [2.05, 4.69) is 55.9 Å². The molecule has 0 radical (unpaired) electrons. The Hall–Kier alpha value is -0.830. The molecule has 3 nitrogen and oxygen atoms in total. The minimum atomic E-state index is 0.541. The fraction of sp³-hybridized carbons (Fsp3) is 0.812. The van der Waals surface area contributed by atoms with Crippen molar-refractivity contribution >= 4 is 0 Å². The van der Waals surface area contributed by atoms with Crippen molar-refractivity contribution in [1.29, 1.82) is 0 Å². The van der Waals surface area contributed by atoms with E-state index in [1.165, 1.54) is 24.1 Å². The quantitative estimate of drug-likeness (QED) is 0.812. The highest BCUT2D eigenvalue weighted by molar-refractivity contribution is 5.22. The molecule has 0 aromatic carbocycles. The molecule has 1 aromatic heterocycles. The Kier molecular flexibility index (Phi) is 4.67. The zero-order valence-corrected chi connectivity index (χ0v) is 13.1. The lowest BCUT2D eigenvalue weighted by Crippen LogP contribution is -2.20. The highest BCUT2D eigenvalue weighted by Crippen LogP contribution is 2.40. The monoisotopic (exact) mass is 263 g/mol. The summed E-state index contributed by atoms with van der Waals surface area (Å²) in [5, 5.41) is 8.21. The molecule has 19 heavy (non-hydrogen) atoms. The lowest BCUT2D eigenvalue weighted by molar-refractivity contribution is 0.417. The van der Waals surface area contributed by atoms with Crippen molar-refractivity contribution in [3.63, 3.8) is 0 Å². The van der Waals surface area contributed by atoms with Crippen LogP contribution in [-0.4, -0.2) is 16.3 Å². The maximum atomic E-state index is 4.67. The Morgan fingerprint density at radius 3 is 2.47 bits per heavy atom. The molecule has 1 aliphatic rings. The maximum Gasteiger partial charge on any atom is 0.0537 e. The van der Waals surface area contributed by atoms with Gasteiger partial charge in [-0.3, -0.25) is 4.68 Å². The Labute approximate surface area is 117 Å². The summed E-state index contributed by atoms with van der Waals surface area (Å²) in [5.41, 5.74) is 2.80. The van der Waals surface area contributed by atoms with Gasteiger partial charge in [0.15, 0.2) is 0 Å². The van der Waals surface area contributed by atoms with E-state index in [1.807, 2.05) is 0 Å². The molecule has 1 unspecified atom stereocenters. The third-order valence-corrected chi connectivity index (χ3v) is 4.02. The van der Waals surface area contributed by atoms with E-state index in [0.717, 1.165) is 19.0 Å². The van der Waals surface area contributed by atoms with Crippen molar-refractivity contribution in [2.24, 2.45) is 11.8 Å². The van der Waals surface area contributed by atoms with E-state index in [9.17, 15) is 0 Å². The molecule has 0 saturated heterocycles. The second kappa shape index (κ2) is 6.08. The van der Waals surface area contributed by atoms with Gasteiger partial charge in [-0.05, 0) is 44.1 Å². The van der Waals surface area contributed by atoms with Crippen LogP contribution in [0.25, 0.3) is 0 Å². The van der Waals surface area contributed by atoms with Gasteiger partial charge in [0.2, 0.25) is 0 Å². The number of nitrogens with zero attached hydrogens (tertiary/aromatic N) is 2. The van der Waals surface area contributed by atoms with Gasteiger partial charge in [0.1, 0.15) is 0 Å². The molecule has 3 heteroatoms. The first-order chi connectivity index (χ1) is 9.00. The lowest BCUT2D eigenvalue weighted by Gasteiger charge is -2.18. The normalized spacial score (nSPS) is 17.4. The van der Waals surface area contributed by atoms with Crippen LogP contribution in [0.4, 0.5) is 0 Å². The summed E-state index contributed by atoms with van der Waals surface area (Å²) in [7, 11) is 0. The number of nitrogens with one attached hydrogen (secondary N) is 1. The molecule has 1 N–H and O–H groups in total. The molecule has 0 bridgehead atoms. The minimum Gasteiger partial charge on any atom is -0.312 e. The molecule has 1 aromatic rings. The van der Waals surface area contributed by atoms with Gasteiger partial charge < -0.3 is 5.32 Å². The van der Waals surface area contributed by atoms with Crippen molar-refractivity contribution in [2.45, 2.75) is 66.0 Å². The largest absolute Gasteiger partial charge is 0.312 e. The van der Waals surface area contributed by atoms with Crippen molar-refractivity contribution < 1.29 is 0 Å². The number of hydrogen-bond donors (Lipinski definition) is 1. The van der Waals surface area contributed by atoms with E-state index in [-0.39, 0.29) is 0 Å². The number of hydrogen-bond acceptors (Lipinski definition) is 2. The maximum absolute atomic E-state index is 4.67. The first-order valence-corrected chi connectivity index (χ1v) is 7.77. The van der Waals surface area contributed by atoms with E-state index in [0.29, 0.717) is 17.9 Å². The van der Waals surface area contributed by atoms with Gasteiger partial charge >= 0.3 is 0 Å². The number of aromatic nitrogens is 2. The molecule has 2 rings (SSSR count). The van der Waals surface area contributed by atoms with Gasteiger partial charge in [0.05, 0.1) is 12.2 Å². The minimum absolute atomic E-state index is 0.541. The third kappa shape index (κ3) is 3.59. The first kappa shape index (κ1) is 14.6. The van der Waals surface area contributed by atoms with Gasteiger partial charge in [-0.2, -0.15) is 5.10 Å². The first-order valence-electron chi connectivity index (χ1n) is 7.77. The smallest absolute Gasteiger partial charge is 0.0537 e. The van der Waals surface area contributed by atoms with Crippen molar-refractivity contribution in [3.05, 3.63) is 17.5 Å². The van der Waals surface area contributed by atoms with Crippen LogP contribution in [0.3, 0.4) is 0 Å². The number of rotatable bonds is 7. The van der Waals surface area contributed by atoms with Crippen LogP contribution in [0.15, 0.2) is 6.20 Å². The summed E-state index contributed by atoms with van der Waals surface area (Å²) in [6, 6.07) is 0.566. The molecule has 0 amide bonds. The van der Waals surface area contributed by atoms with Gasteiger partial charge in [0, 0.05) is 17.8 Å². The van der Waals surface area contributed by atoms with Gasteiger partial charge in [0.25, 0.3) is 0 Å². The van der Waals surface area contributed by atoms with Crippen molar-refractivity contribution in [3.8, 4) is 0 Å². The van der Waals surface area contributed by atoms with E-state index in [4.69, 9.17) is 0 Å². The summed E-state index contributed by atoms with van der Waals surface area (Å²) in [4.78, 5) is 0. The second-order valence-electron chi connectivity index (χ2n) is 6.76. The van der Waals surface area contributed by atoms with Crippen LogP contribution >= 0.6 is 0 Å². The third-order valence-electron chi connectivity index (χ3n) is 4.02. The standard InChI is InChI=1S/C16H29N3/c1-11(2)8-17-9-15-10-18-19(16(15)12(3)4)13(5)14-6-7-14/h10-14,17H,6-9H2,1-5H3. The van der Waals surface area contributed by atoms with E-state index >= 15 is 0 Å². The summed E-state index contributed by atoms with van der Waals surface area (Å²) in [6.07, 6.45) is 4.82. The highest BCUT2D eigenvalue weighted by atomic mass is 15.3. The highest BCUT2D eigenvalue weighted by Gasteiger charge is 2.31. The summed E-state index contributed by atoms with van der Waals surface area (Å²) in [6.45, 7) is 13.4. The molecule has 1 aliphatic carbocycles. The topological polar surface area (TPSA) is 29.9 Å². The van der Waals surface area contributed by atoms with Crippen LogP contribution in [0.5, 0.6) is 0 Å². The van der Waals surface area contributed by atoms with Crippen LogP contribution in [0, 0.1) is 11.8 Å². The Morgan fingerprint density at radius 1 is 1.26 bits per heavy atom. The Bertz CT molecular complexity index is 402. The molecule has 1 heterocycles. The molecule has 1 fully saturated rings. The Balaban J connectivity index is 2.09. The van der Waals surface area contributed by atoms with Gasteiger partial charge in [-0.1, -0.05) is 27.7 Å². The van der Waals surface area contributed by atoms with Crippen LogP contribution in [0.2, 0.25) is 0 Å². The van der Waals surface area contributed by atoms with Crippen molar-refractivity contribution in [1.82, 2.24) is 15.1 Å². The molecular weight excluding hydrogens is 234 g/mol. The zero-order chi connectivity index (χ0) is 14.0. The van der Waals surface area contributed by atoms with Gasteiger partial charge in [-0.25, -0.2) is 0 Å². The fourth-order valence-corrected chi connectivity index (χ4v) is 2.78. The average Bonchev–Trinajstić information content (AvgIpc) is 3.08. The zero-order valence-electron chi connectivity index (χ0n) is 13.1. The predicted octanol–water partition coefficient (Wildman–Crippen LogP) is 3.72. The van der Waals surface area contributed by atoms with Crippen LogP contribution in [-0.2, 0) is 6.54 Å². The fourth-order valence-electron chi connectivity index (χ4n) is 2.78. The SMILES string of the molecule is CC(C)CNCc1cnn(C(C)C2CC2)c1C(C)C. The molecule has 0 spiro atoms. The molecule has 1 saturated carbocycles. The van der Waals surface area contributed by atoms with Crippen LogP contribution < -0.4 is 5.32 Å². The molecule has 1 atom stereocenters. The summed E-state index contributed by atoms with van der Waals surface area (Å²) < 4.78 is 2.29.